The average Bonchev–Trinajstić information content (AvgIpc) is 3.24. The maximum Gasteiger partial charge on any atom is 0.306 e. The zero-order chi connectivity index (χ0) is 43.7. The second kappa shape index (κ2) is 48.5. The molecule has 60 heavy (non-hydrogen) atoms. The normalized spacial score (nSPS) is 12.7. The lowest BCUT2D eigenvalue weighted by molar-refractivity contribution is -0.167. The average molecular weight is 837 g/mol. The zero-order valence-corrected chi connectivity index (χ0v) is 39.2. The molecule has 0 radical (unpaired) electrons. The molecule has 344 valence electrons. The molecule has 0 aliphatic heterocycles. The fourth-order valence-electron chi connectivity index (χ4n) is 6.72. The summed E-state index contributed by atoms with van der Waals surface area (Å²) in [4.78, 5) is 37.9. The van der Waals surface area contributed by atoms with Gasteiger partial charge in [0.2, 0.25) is 0 Å². The highest BCUT2D eigenvalue weighted by molar-refractivity contribution is 5.71. The van der Waals surface area contributed by atoms with Crippen molar-refractivity contribution in [3.8, 4) is 0 Å². The molecule has 0 aromatic heterocycles. The highest BCUT2D eigenvalue weighted by Gasteiger charge is 2.19. The summed E-state index contributed by atoms with van der Waals surface area (Å²) in [7, 11) is 0. The van der Waals surface area contributed by atoms with E-state index in [1.165, 1.54) is 103 Å². The van der Waals surface area contributed by atoms with Gasteiger partial charge in [0.25, 0.3) is 0 Å². The van der Waals surface area contributed by atoms with E-state index in [9.17, 15) is 14.4 Å². The molecule has 1 atom stereocenters. The lowest BCUT2D eigenvalue weighted by atomic mass is 10.1. The number of rotatable bonds is 44. The topological polar surface area (TPSA) is 78.9 Å². The molecule has 0 N–H and O–H groups in total. The predicted octanol–water partition coefficient (Wildman–Crippen LogP) is 16.3. The number of unbranched alkanes of at least 4 members (excludes halogenated alkanes) is 24. The minimum atomic E-state index is -0.788. The van der Waals surface area contributed by atoms with Crippen LogP contribution in [0, 0.1) is 0 Å². The summed E-state index contributed by atoms with van der Waals surface area (Å²) < 4.78 is 16.8. The standard InChI is InChI=1S/C54H92O6/c1-4-7-10-13-16-19-22-25-27-29-32-35-38-41-44-47-53(56)59-50-51(49-58-52(55)46-43-40-37-34-31-24-21-18-15-12-9-6-3)60-54(57)48-45-42-39-36-33-30-28-26-23-20-17-14-11-8-5-2/h7,10,13,16-23,26,51H,4-6,8-9,11-12,14-15,24-25,27-50H2,1-3H3/b10-7-,16-13-,20-17-,21-18-,22-19-,26-23-. The van der Waals surface area contributed by atoms with Crippen molar-refractivity contribution < 1.29 is 28.6 Å². The van der Waals surface area contributed by atoms with Crippen LogP contribution >= 0.6 is 0 Å². The Labute approximate surface area is 370 Å². The molecule has 0 bridgehead atoms. The Bertz CT molecular complexity index is 1140. The summed E-state index contributed by atoms with van der Waals surface area (Å²) in [5.41, 5.74) is 0. The smallest absolute Gasteiger partial charge is 0.306 e. The fourth-order valence-corrected chi connectivity index (χ4v) is 6.72. The first-order chi connectivity index (χ1) is 29.5. The first-order valence-corrected chi connectivity index (χ1v) is 25.0. The van der Waals surface area contributed by atoms with Gasteiger partial charge >= 0.3 is 17.9 Å². The molecule has 0 aromatic carbocycles. The van der Waals surface area contributed by atoms with Crippen molar-refractivity contribution in [3.05, 3.63) is 72.9 Å². The molecule has 6 heteroatoms. The van der Waals surface area contributed by atoms with E-state index in [-0.39, 0.29) is 31.1 Å². The maximum absolute atomic E-state index is 12.8. The van der Waals surface area contributed by atoms with Gasteiger partial charge in [-0.1, -0.05) is 196 Å². The minimum Gasteiger partial charge on any atom is -0.462 e. The molecular weight excluding hydrogens is 745 g/mol. The molecule has 0 aromatic rings. The van der Waals surface area contributed by atoms with Gasteiger partial charge in [0.15, 0.2) is 6.10 Å². The van der Waals surface area contributed by atoms with Crippen molar-refractivity contribution in [1.82, 2.24) is 0 Å². The van der Waals surface area contributed by atoms with Gasteiger partial charge in [0.05, 0.1) is 0 Å². The molecule has 0 saturated heterocycles. The van der Waals surface area contributed by atoms with Crippen molar-refractivity contribution in [2.45, 2.75) is 239 Å². The van der Waals surface area contributed by atoms with E-state index in [0.717, 1.165) is 89.9 Å². The molecule has 0 amide bonds. The Morgan fingerprint density at radius 1 is 0.350 bits per heavy atom. The Morgan fingerprint density at radius 2 is 0.667 bits per heavy atom. The Kier molecular flexibility index (Phi) is 46.0. The number of allylic oxidation sites excluding steroid dienone is 12. The van der Waals surface area contributed by atoms with Crippen molar-refractivity contribution in [1.29, 1.82) is 0 Å². The Morgan fingerprint density at radius 3 is 1.07 bits per heavy atom. The monoisotopic (exact) mass is 837 g/mol. The number of carbonyl (C=O) groups excluding carboxylic acids is 3. The lowest BCUT2D eigenvalue weighted by Crippen LogP contribution is -2.30. The van der Waals surface area contributed by atoms with Crippen LogP contribution in [0.15, 0.2) is 72.9 Å². The zero-order valence-electron chi connectivity index (χ0n) is 39.2. The summed E-state index contributed by atoms with van der Waals surface area (Å²) in [6.45, 7) is 6.42. The van der Waals surface area contributed by atoms with Gasteiger partial charge in [-0.2, -0.15) is 0 Å². The van der Waals surface area contributed by atoms with Crippen LogP contribution in [0.5, 0.6) is 0 Å². The van der Waals surface area contributed by atoms with E-state index < -0.39 is 6.10 Å². The fraction of sp³-hybridized carbons (Fsp3) is 0.722. The van der Waals surface area contributed by atoms with Crippen LogP contribution in [0.1, 0.15) is 233 Å². The van der Waals surface area contributed by atoms with Crippen LogP contribution < -0.4 is 0 Å². The molecule has 0 aliphatic carbocycles. The van der Waals surface area contributed by atoms with Gasteiger partial charge in [-0.15, -0.1) is 0 Å². The second-order valence-corrected chi connectivity index (χ2v) is 16.4. The third-order valence-electron chi connectivity index (χ3n) is 10.5. The quantitative estimate of drug-likeness (QED) is 0.0200. The van der Waals surface area contributed by atoms with Crippen LogP contribution in [-0.2, 0) is 28.6 Å². The molecule has 0 aliphatic rings. The van der Waals surface area contributed by atoms with Gasteiger partial charge in [0, 0.05) is 19.3 Å². The van der Waals surface area contributed by atoms with Crippen molar-refractivity contribution in [2.75, 3.05) is 13.2 Å². The first kappa shape index (κ1) is 56.9. The number of carbonyl (C=O) groups is 3. The summed E-state index contributed by atoms with van der Waals surface area (Å²) in [6.07, 6.45) is 60.2. The molecular formula is C54H92O6. The molecule has 6 nitrogen and oxygen atoms in total. The van der Waals surface area contributed by atoms with Crippen molar-refractivity contribution in [3.63, 3.8) is 0 Å². The number of hydrogen-bond acceptors (Lipinski definition) is 6. The van der Waals surface area contributed by atoms with E-state index >= 15 is 0 Å². The first-order valence-electron chi connectivity index (χ1n) is 25.0. The summed E-state index contributed by atoms with van der Waals surface area (Å²) >= 11 is 0. The van der Waals surface area contributed by atoms with Crippen molar-refractivity contribution in [2.24, 2.45) is 0 Å². The van der Waals surface area contributed by atoms with Crippen LogP contribution in [0.4, 0.5) is 0 Å². The summed E-state index contributed by atoms with van der Waals surface area (Å²) in [5.74, 6) is -0.922. The molecule has 0 spiro atoms. The number of hydrogen-bond donors (Lipinski definition) is 0. The maximum atomic E-state index is 12.8. The van der Waals surface area contributed by atoms with E-state index in [4.69, 9.17) is 14.2 Å². The largest absolute Gasteiger partial charge is 0.462 e. The molecule has 0 fully saturated rings. The van der Waals surface area contributed by atoms with E-state index in [1.807, 2.05) is 0 Å². The summed E-state index contributed by atoms with van der Waals surface area (Å²) in [6, 6.07) is 0. The SMILES string of the molecule is CC\C=C/C=C\C=C/CCCCCCCCCC(=O)OCC(COC(=O)CCCCCCC/C=C\CCCCC)OC(=O)CCCCCCCC/C=C\C=C/CCCCC. The summed E-state index contributed by atoms with van der Waals surface area (Å²) in [5, 5.41) is 0. The predicted molar refractivity (Wildman–Crippen MR) is 256 cm³/mol. The highest BCUT2D eigenvalue weighted by atomic mass is 16.6. The number of esters is 3. The molecule has 1 unspecified atom stereocenters. The molecule has 0 heterocycles. The van der Waals surface area contributed by atoms with Gasteiger partial charge in [-0.3, -0.25) is 14.4 Å². The van der Waals surface area contributed by atoms with Crippen LogP contribution in [0.25, 0.3) is 0 Å². The van der Waals surface area contributed by atoms with Crippen LogP contribution in [0.2, 0.25) is 0 Å². The third kappa shape index (κ3) is 45.9. The van der Waals surface area contributed by atoms with E-state index in [1.54, 1.807) is 0 Å². The lowest BCUT2D eigenvalue weighted by Gasteiger charge is -2.18. The van der Waals surface area contributed by atoms with Gasteiger partial charge in [-0.25, -0.2) is 0 Å². The van der Waals surface area contributed by atoms with Gasteiger partial charge in [-0.05, 0) is 89.9 Å². The van der Waals surface area contributed by atoms with Gasteiger partial charge in [0.1, 0.15) is 13.2 Å². The van der Waals surface area contributed by atoms with Crippen LogP contribution in [-0.4, -0.2) is 37.2 Å². The second-order valence-electron chi connectivity index (χ2n) is 16.4. The number of ether oxygens (including phenoxy) is 3. The minimum absolute atomic E-state index is 0.0890. The highest BCUT2D eigenvalue weighted by Crippen LogP contribution is 2.14. The van der Waals surface area contributed by atoms with Gasteiger partial charge < -0.3 is 14.2 Å². The van der Waals surface area contributed by atoms with Crippen LogP contribution in [0.3, 0.4) is 0 Å². The Balaban J connectivity index is 4.43. The van der Waals surface area contributed by atoms with E-state index in [2.05, 4.69) is 93.7 Å². The van der Waals surface area contributed by atoms with Crippen molar-refractivity contribution >= 4 is 17.9 Å². The Hall–Kier alpha value is -3.15. The third-order valence-corrected chi connectivity index (χ3v) is 10.5. The molecule has 0 saturated carbocycles. The molecule has 0 rings (SSSR count). The van der Waals surface area contributed by atoms with E-state index in [0.29, 0.717) is 19.3 Å².